The molecule has 0 bridgehead atoms. The predicted octanol–water partition coefficient (Wildman–Crippen LogP) is -0.156. The molecular formula is C26H34O11. The summed E-state index contributed by atoms with van der Waals surface area (Å²) in [6, 6.07) is 7.84. The van der Waals surface area contributed by atoms with Gasteiger partial charge >= 0.3 is 0 Å². The number of fused-ring (bicyclic) bond motifs is 1. The molecule has 1 fully saturated rings. The minimum Gasteiger partial charge on any atom is -0.504 e. The number of aliphatic hydroxyl groups is 5. The molecule has 4 rings (SSSR count). The fourth-order valence-corrected chi connectivity index (χ4v) is 5.89. The maximum absolute atomic E-state index is 11.3. The summed E-state index contributed by atoms with van der Waals surface area (Å²) in [5, 5.41) is 73.7. The van der Waals surface area contributed by atoms with E-state index >= 15 is 0 Å². The van der Waals surface area contributed by atoms with Crippen LogP contribution in [0, 0.1) is 11.8 Å². The molecule has 1 aliphatic heterocycles. The maximum atomic E-state index is 11.3. The Kier molecular flexibility index (Phi) is 7.86. The molecule has 1 unspecified atom stereocenters. The lowest BCUT2D eigenvalue weighted by atomic mass is 9.61. The first kappa shape index (κ1) is 27.4. The van der Waals surface area contributed by atoms with E-state index in [1.165, 1.54) is 33.5 Å². The van der Waals surface area contributed by atoms with Gasteiger partial charge in [-0.25, -0.2) is 0 Å². The number of hydrogen-bond acceptors (Lipinski definition) is 11. The number of aromatic hydroxyl groups is 2. The van der Waals surface area contributed by atoms with Crippen molar-refractivity contribution in [2.24, 2.45) is 11.8 Å². The fourth-order valence-electron chi connectivity index (χ4n) is 5.89. The Labute approximate surface area is 214 Å². The van der Waals surface area contributed by atoms with E-state index in [1.54, 1.807) is 18.2 Å². The number of aliphatic hydroxyl groups excluding tert-OH is 5. The van der Waals surface area contributed by atoms with Gasteiger partial charge in [0.15, 0.2) is 23.0 Å². The van der Waals surface area contributed by atoms with Crippen LogP contribution in [0.5, 0.6) is 23.0 Å². The van der Waals surface area contributed by atoms with E-state index in [4.69, 9.17) is 18.9 Å². The minimum atomic E-state index is -2.00. The SMILES string of the molecule is COc1cc([C@H]2c3cc(O)c(OC)cc3C[C@@H](CO)C2[C@@]2(OC)O[C@H](CO)[C@@H](O)[C@H](O)[C@H]2O)ccc1O. The predicted molar refractivity (Wildman–Crippen MR) is 129 cm³/mol. The van der Waals surface area contributed by atoms with Crippen molar-refractivity contribution in [3.8, 4) is 23.0 Å². The molecular weight excluding hydrogens is 488 g/mol. The summed E-state index contributed by atoms with van der Waals surface area (Å²) >= 11 is 0. The summed E-state index contributed by atoms with van der Waals surface area (Å²) in [6.07, 6.45) is -6.12. The van der Waals surface area contributed by atoms with Crippen LogP contribution >= 0.6 is 0 Å². The molecule has 0 amide bonds. The zero-order valence-electron chi connectivity index (χ0n) is 20.8. The van der Waals surface area contributed by atoms with Gasteiger partial charge in [0.2, 0.25) is 5.79 Å². The van der Waals surface area contributed by atoms with E-state index in [-0.39, 0.29) is 36.0 Å². The summed E-state index contributed by atoms with van der Waals surface area (Å²) < 4.78 is 22.4. The van der Waals surface area contributed by atoms with E-state index in [2.05, 4.69) is 0 Å². The van der Waals surface area contributed by atoms with Crippen LogP contribution in [-0.4, -0.2) is 100 Å². The van der Waals surface area contributed by atoms with Crippen LogP contribution in [-0.2, 0) is 15.9 Å². The Morgan fingerprint density at radius 2 is 1.57 bits per heavy atom. The molecule has 0 aromatic heterocycles. The highest BCUT2D eigenvalue weighted by molar-refractivity contribution is 5.54. The smallest absolute Gasteiger partial charge is 0.201 e. The van der Waals surface area contributed by atoms with Gasteiger partial charge in [0, 0.05) is 25.6 Å². The molecule has 1 heterocycles. The third-order valence-corrected chi connectivity index (χ3v) is 7.69. The lowest BCUT2D eigenvalue weighted by Crippen LogP contribution is -2.70. The normalized spacial score (nSPS) is 33.6. The van der Waals surface area contributed by atoms with Gasteiger partial charge in [-0.15, -0.1) is 0 Å². The summed E-state index contributed by atoms with van der Waals surface area (Å²) in [6.45, 7) is -1.04. The van der Waals surface area contributed by atoms with Crippen molar-refractivity contribution in [3.05, 3.63) is 47.0 Å². The Hall–Kier alpha value is -2.64. The molecule has 0 radical (unpaired) electrons. The molecule has 1 aliphatic carbocycles. The number of methoxy groups -OCH3 is 3. The van der Waals surface area contributed by atoms with Crippen LogP contribution in [0.15, 0.2) is 30.3 Å². The molecule has 1 saturated heterocycles. The number of benzene rings is 2. The van der Waals surface area contributed by atoms with E-state index in [0.717, 1.165) is 5.56 Å². The van der Waals surface area contributed by atoms with E-state index in [9.17, 15) is 35.7 Å². The molecule has 37 heavy (non-hydrogen) atoms. The molecule has 11 nitrogen and oxygen atoms in total. The van der Waals surface area contributed by atoms with Gasteiger partial charge in [-0.1, -0.05) is 6.07 Å². The molecule has 7 N–H and O–H groups in total. The average molecular weight is 523 g/mol. The minimum absolute atomic E-state index is 0.107. The van der Waals surface area contributed by atoms with Crippen LogP contribution in [0.4, 0.5) is 0 Å². The van der Waals surface area contributed by atoms with Gasteiger partial charge in [-0.2, -0.15) is 0 Å². The molecule has 0 saturated carbocycles. The molecule has 11 heteroatoms. The number of phenolic OH excluding ortho intramolecular Hbond substituents is 2. The highest BCUT2D eigenvalue weighted by Gasteiger charge is 2.62. The monoisotopic (exact) mass is 522 g/mol. The Morgan fingerprint density at radius 3 is 2.16 bits per heavy atom. The Bertz CT molecular complexity index is 1110. The molecule has 2 aliphatic rings. The highest BCUT2D eigenvalue weighted by Crippen LogP contribution is 2.54. The molecule has 204 valence electrons. The number of hydrogen-bond donors (Lipinski definition) is 7. The van der Waals surface area contributed by atoms with Gasteiger partial charge in [-0.3, -0.25) is 0 Å². The standard InChI is InChI=1S/C26H34O11/c1-34-18-7-12(4-5-16(18)29)21-15-9-17(30)19(35-2)8-13(15)6-14(10-27)22(21)26(36-3)25(33)24(32)23(31)20(11-28)37-26/h4-5,7-9,14,20-25,27-33H,6,10-11H2,1-3H3/t14-,20+,21-,22?,23+,24-,25+,26+/m0/s1. The van der Waals surface area contributed by atoms with Crippen molar-refractivity contribution in [2.45, 2.75) is 42.5 Å². The summed E-state index contributed by atoms with van der Waals surface area (Å²) in [5.74, 6) is -4.12. The van der Waals surface area contributed by atoms with Crippen LogP contribution in [0.3, 0.4) is 0 Å². The Morgan fingerprint density at radius 1 is 0.892 bits per heavy atom. The van der Waals surface area contributed by atoms with E-state index in [1.807, 2.05) is 0 Å². The van der Waals surface area contributed by atoms with Gasteiger partial charge in [0.05, 0.1) is 20.8 Å². The first-order valence-corrected chi connectivity index (χ1v) is 11.9. The Balaban J connectivity index is 2.00. The van der Waals surface area contributed by atoms with Gasteiger partial charge in [0.1, 0.15) is 24.4 Å². The molecule has 8 atom stereocenters. The first-order chi connectivity index (χ1) is 17.7. The zero-order valence-corrected chi connectivity index (χ0v) is 20.8. The quantitative estimate of drug-likeness (QED) is 0.257. The first-order valence-electron chi connectivity index (χ1n) is 11.9. The second-order valence-corrected chi connectivity index (χ2v) is 9.49. The fraction of sp³-hybridized carbons (Fsp3) is 0.538. The number of phenols is 2. The largest absolute Gasteiger partial charge is 0.504 e. The lowest BCUT2D eigenvalue weighted by molar-refractivity contribution is -0.383. The topological polar surface area (TPSA) is 179 Å². The van der Waals surface area contributed by atoms with Crippen LogP contribution in [0.25, 0.3) is 0 Å². The number of ether oxygens (including phenoxy) is 4. The van der Waals surface area contributed by atoms with Gasteiger partial charge < -0.3 is 54.7 Å². The van der Waals surface area contributed by atoms with E-state index < -0.39 is 54.6 Å². The molecule has 2 aromatic carbocycles. The van der Waals surface area contributed by atoms with Crippen molar-refractivity contribution in [3.63, 3.8) is 0 Å². The molecule has 0 spiro atoms. The van der Waals surface area contributed by atoms with Crippen LogP contribution < -0.4 is 9.47 Å². The van der Waals surface area contributed by atoms with Gasteiger partial charge in [-0.05, 0) is 53.3 Å². The summed E-state index contributed by atoms with van der Waals surface area (Å²) in [5.41, 5.74) is 1.92. The van der Waals surface area contributed by atoms with Crippen molar-refractivity contribution in [2.75, 3.05) is 34.5 Å². The van der Waals surface area contributed by atoms with Crippen LogP contribution in [0.1, 0.15) is 22.6 Å². The van der Waals surface area contributed by atoms with Crippen molar-refractivity contribution in [1.29, 1.82) is 0 Å². The summed E-state index contributed by atoms with van der Waals surface area (Å²) in [7, 11) is 4.09. The third kappa shape index (κ3) is 4.40. The van der Waals surface area contributed by atoms with Gasteiger partial charge in [0.25, 0.3) is 0 Å². The van der Waals surface area contributed by atoms with Crippen LogP contribution in [0.2, 0.25) is 0 Å². The maximum Gasteiger partial charge on any atom is 0.201 e. The summed E-state index contributed by atoms with van der Waals surface area (Å²) in [4.78, 5) is 0. The average Bonchev–Trinajstić information content (AvgIpc) is 2.91. The highest BCUT2D eigenvalue weighted by atomic mass is 16.7. The second kappa shape index (κ2) is 10.6. The van der Waals surface area contributed by atoms with Crippen molar-refractivity contribution in [1.82, 2.24) is 0 Å². The molecule has 2 aromatic rings. The van der Waals surface area contributed by atoms with Crippen molar-refractivity contribution >= 4 is 0 Å². The van der Waals surface area contributed by atoms with Crippen molar-refractivity contribution < 1.29 is 54.7 Å². The zero-order chi connectivity index (χ0) is 27.1. The second-order valence-electron chi connectivity index (χ2n) is 9.49. The third-order valence-electron chi connectivity index (χ3n) is 7.69. The van der Waals surface area contributed by atoms with E-state index in [0.29, 0.717) is 11.1 Å². The number of rotatable bonds is 7. The lowest BCUT2D eigenvalue weighted by Gasteiger charge is -2.55.